The number of carboxylic acid groups (broad SMARTS) is 1. The van der Waals surface area contributed by atoms with E-state index in [-0.39, 0.29) is 18.1 Å². The Kier molecular flexibility index (Phi) is 7.60. The molecule has 1 N–H and O–H groups in total. The molecule has 1 heterocycles. The first kappa shape index (κ1) is 23.1. The van der Waals surface area contributed by atoms with Gasteiger partial charge >= 0.3 is 5.97 Å². The Hall–Kier alpha value is -2.53. The lowest BCUT2D eigenvalue weighted by atomic mass is 10.1. The van der Waals surface area contributed by atoms with Crippen LogP contribution in [0.2, 0.25) is 0 Å². The Morgan fingerprint density at radius 2 is 2.06 bits per heavy atom. The van der Waals surface area contributed by atoms with Gasteiger partial charge in [0.05, 0.1) is 20.6 Å². The molecule has 1 aliphatic rings. The van der Waals surface area contributed by atoms with Crippen molar-refractivity contribution in [1.29, 1.82) is 0 Å². The highest BCUT2D eigenvalue weighted by Crippen LogP contribution is 2.37. The third-order valence-electron chi connectivity index (χ3n) is 4.38. The van der Waals surface area contributed by atoms with E-state index in [4.69, 9.17) is 14.6 Å². The molecule has 7 nitrogen and oxygen atoms in total. The van der Waals surface area contributed by atoms with Crippen LogP contribution >= 0.6 is 34.4 Å². The maximum Gasteiger partial charge on any atom is 0.335 e. The number of halogens is 1. The van der Waals surface area contributed by atoms with Gasteiger partial charge < -0.3 is 14.6 Å². The average Bonchev–Trinajstić information content (AvgIpc) is 3.01. The van der Waals surface area contributed by atoms with Gasteiger partial charge in [-0.25, -0.2) is 4.79 Å². The van der Waals surface area contributed by atoms with Gasteiger partial charge in [0.15, 0.2) is 16.7 Å². The fourth-order valence-corrected chi connectivity index (χ4v) is 4.63. The summed E-state index contributed by atoms with van der Waals surface area (Å²) in [6.45, 7) is 2.53. The van der Waals surface area contributed by atoms with E-state index >= 15 is 0 Å². The van der Waals surface area contributed by atoms with E-state index < -0.39 is 5.97 Å². The second-order valence-corrected chi connectivity index (χ2v) is 8.71. The summed E-state index contributed by atoms with van der Waals surface area (Å²) in [6, 6.07) is 10.4. The second kappa shape index (κ2) is 10.2. The molecule has 0 unspecified atom stereocenters. The van der Waals surface area contributed by atoms with Crippen LogP contribution in [0.5, 0.6) is 11.5 Å². The van der Waals surface area contributed by atoms with Crippen molar-refractivity contribution in [2.75, 3.05) is 20.7 Å². The molecule has 31 heavy (non-hydrogen) atoms. The molecule has 162 valence electrons. The predicted octanol–water partition coefficient (Wildman–Crippen LogP) is 4.50. The number of hydrogen-bond donors (Lipinski definition) is 1. The number of benzene rings is 2. The molecule has 0 radical (unpaired) electrons. The lowest BCUT2D eigenvalue weighted by molar-refractivity contribution is -0.121. The van der Waals surface area contributed by atoms with E-state index in [1.165, 1.54) is 22.7 Å². The van der Waals surface area contributed by atoms with E-state index in [9.17, 15) is 9.59 Å². The summed E-state index contributed by atoms with van der Waals surface area (Å²) < 4.78 is 12.6. The number of hydrogen-bond acceptors (Lipinski definition) is 6. The fraction of sp³-hybridized carbons (Fsp3) is 0.227. The van der Waals surface area contributed by atoms with Crippen LogP contribution in [0.25, 0.3) is 6.08 Å². The summed E-state index contributed by atoms with van der Waals surface area (Å²) in [6.07, 6.45) is 1.81. The predicted molar refractivity (Wildman–Crippen MR) is 130 cm³/mol. The molecule has 1 amide bonds. The molecule has 3 rings (SSSR count). The van der Waals surface area contributed by atoms with Crippen LogP contribution in [0, 0.1) is 3.57 Å². The highest BCUT2D eigenvalue weighted by atomic mass is 127. The first-order valence-corrected chi connectivity index (χ1v) is 11.3. The molecular weight excluding hydrogens is 531 g/mol. The molecule has 1 fully saturated rings. The number of nitrogens with zero attached hydrogens (tertiary/aromatic N) is 2. The van der Waals surface area contributed by atoms with Crippen LogP contribution < -0.4 is 9.47 Å². The van der Waals surface area contributed by atoms with Crippen LogP contribution in [-0.4, -0.2) is 47.8 Å². The van der Waals surface area contributed by atoms with Crippen molar-refractivity contribution in [3.05, 3.63) is 61.6 Å². The van der Waals surface area contributed by atoms with Gasteiger partial charge in [0.1, 0.15) is 6.61 Å². The molecule has 1 aliphatic heterocycles. The minimum absolute atomic E-state index is 0.0998. The van der Waals surface area contributed by atoms with Gasteiger partial charge in [0.25, 0.3) is 5.91 Å². The maximum atomic E-state index is 12.4. The standard InChI is InChI=1S/C22H21IN2O5S/c1-4-29-17-10-14(11-18-20(26)25(3)22(24-2)31-18)9-16(23)19(17)30-12-13-6-5-7-15(8-13)21(27)28/h5-11H,4,12H2,1-3H3,(H,27,28)/b18-11-,24-22?. The third-order valence-corrected chi connectivity index (χ3v) is 6.33. The van der Waals surface area contributed by atoms with Gasteiger partial charge in [-0.15, -0.1) is 0 Å². The molecule has 0 spiro atoms. The van der Waals surface area contributed by atoms with E-state index in [1.54, 1.807) is 26.2 Å². The summed E-state index contributed by atoms with van der Waals surface area (Å²) in [4.78, 5) is 29.8. The third kappa shape index (κ3) is 5.40. The summed E-state index contributed by atoms with van der Waals surface area (Å²) in [7, 11) is 3.35. The van der Waals surface area contributed by atoms with E-state index in [1.807, 2.05) is 31.2 Å². The number of rotatable bonds is 7. The van der Waals surface area contributed by atoms with Crippen molar-refractivity contribution in [2.24, 2.45) is 4.99 Å². The van der Waals surface area contributed by atoms with Gasteiger partial charge in [-0.1, -0.05) is 12.1 Å². The van der Waals surface area contributed by atoms with Crippen LogP contribution in [0.15, 0.2) is 46.3 Å². The minimum Gasteiger partial charge on any atom is -0.490 e. The van der Waals surface area contributed by atoms with Gasteiger partial charge in [-0.2, -0.15) is 0 Å². The Morgan fingerprint density at radius 3 is 2.71 bits per heavy atom. The Morgan fingerprint density at radius 1 is 1.29 bits per heavy atom. The Labute approximate surface area is 198 Å². The van der Waals surface area contributed by atoms with Gasteiger partial charge in [-0.3, -0.25) is 14.7 Å². The molecule has 0 aromatic heterocycles. The normalized spacial score (nSPS) is 16.3. The molecule has 9 heteroatoms. The number of aromatic carboxylic acids is 1. The van der Waals surface area contributed by atoms with Crippen LogP contribution in [0.4, 0.5) is 0 Å². The quantitative estimate of drug-likeness (QED) is 0.402. The van der Waals surface area contributed by atoms with Crippen LogP contribution in [0.3, 0.4) is 0 Å². The number of thioether (sulfide) groups is 1. The topological polar surface area (TPSA) is 88.4 Å². The van der Waals surface area contributed by atoms with E-state index in [0.29, 0.717) is 28.2 Å². The number of ether oxygens (including phenoxy) is 2. The summed E-state index contributed by atoms with van der Waals surface area (Å²) in [5.74, 6) is 0.0507. The van der Waals surface area contributed by atoms with E-state index in [0.717, 1.165) is 14.7 Å². The SMILES string of the molecule is CCOc1cc(/C=C2\SC(=NC)N(C)C2=O)cc(I)c1OCc1cccc(C(=O)O)c1. The molecule has 2 aromatic carbocycles. The van der Waals surface area contributed by atoms with Crippen molar-refractivity contribution in [1.82, 2.24) is 4.90 Å². The van der Waals surface area contributed by atoms with Crippen molar-refractivity contribution < 1.29 is 24.2 Å². The number of carboxylic acids is 1. The number of amidine groups is 1. The number of amides is 1. The molecule has 1 saturated heterocycles. The molecule has 2 aromatic rings. The number of carbonyl (C=O) groups is 2. The highest BCUT2D eigenvalue weighted by Gasteiger charge is 2.29. The zero-order chi connectivity index (χ0) is 22.5. The van der Waals surface area contributed by atoms with Gasteiger partial charge in [0.2, 0.25) is 0 Å². The molecule has 0 saturated carbocycles. The van der Waals surface area contributed by atoms with Crippen molar-refractivity contribution >= 4 is 57.5 Å². The van der Waals surface area contributed by atoms with Gasteiger partial charge in [-0.05, 0) is 82.7 Å². The Balaban J connectivity index is 1.87. The number of aliphatic imine (C=N–C) groups is 1. The maximum absolute atomic E-state index is 12.4. The lowest BCUT2D eigenvalue weighted by Gasteiger charge is -2.15. The molecule has 0 atom stereocenters. The molecule has 0 bridgehead atoms. The molecule has 0 aliphatic carbocycles. The highest BCUT2D eigenvalue weighted by molar-refractivity contribution is 14.1. The Bertz CT molecular complexity index is 1080. The van der Waals surface area contributed by atoms with Crippen molar-refractivity contribution in [3.8, 4) is 11.5 Å². The summed E-state index contributed by atoms with van der Waals surface area (Å²) >= 11 is 3.49. The fourth-order valence-electron chi connectivity index (χ4n) is 2.92. The second-order valence-electron chi connectivity index (χ2n) is 6.54. The number of carbonyl (C=O) groups excluding carboxylic acids is 1. The van der Waals surface area contributed by atoms with Crippen LogP contribution in [-0.2, 0) is 11.4 Å². The zero-order valence-electron chi connectivity index (χ0n) is 17.2. The van der Waals surface area contributed by atoms with Crippen molar-refractivity contribution in [2.45, 2.75) is 13.5 Å². The van der Waals surface area contributed by atoms with E-state index in [2.05, 4.69) is 27.6 Å². The monoisotopic (exact) mass is 552 g/mol. The lowest BCUT2D eigenvalue weighted by Crippen LogP contribution is -2.23. The number of likely N-dealkylation sites (N-methyl/N-ethyl adjacent to an activating group) is 1. The minimum atomic E-state index is -0.981. The smallest absolute Gasteiger partial charge is 0.335 e. The summed E-state index contributed by atoms with van der Waals surface area (Å²) in [5.41, 5.74) is 1.77. The molecular formula is C22H21IN2O5S. The largest absolute Gasteiger partial charge is 0.490 e. The summed E-state index contributed by atoms with van der Waals surface area (Å²) in [5, 5.41) is 9.82. The van der Waals surface area contributed by atoms with Crippen LogP contribution in [0.1, 0.15) is 28.4 Å². The first-order chi connectivity index (χ1) is 14.8. The first-order valence-electron chi connectivity index (χ1n) is 9.39. The van der Waals surface area contributed by atoms with Crippen molar-refractivity contribution in [3.63, 3.8) is 0 Å². The average molecular weight is 552 g/mol. The zero-order valence-corrected chi connectivity index (χ0v) is 20.2. The van der Waals surface area contributed by atoms with Gasteiger partial charge in [0, 0.05) is 14.1 Å².